The molecule has 1 aliphatic rings. The number of amides is 1. The molecule has 1 fully saturated rings. The summed E-state index contributed by atoms with van der Waals surface area (Å²) in [6.07, 6.45) is 3.25. The summed E-state index contributed by atoms with van der Waals surface area (Å²) >= 11 is 0. The van der Waals surface area contributed by atoms with E-state index >= 15 is 0 Å². The molecule has 0 spiro atoms. The number of halogens is 1. The van der Waals surface area contributed by atoms with Gasteiger partial charge in [0.15, 0.2) is 0 Å². The maximum Gasteiger partial charge on any atom is 0.257 e. The summed E-state index contributed by atoms with van der Waals surface area (Å²) < 4.78 is 13.4. The second kappa shape index (κ2) is 6.33. The second-order valence-corrected chi connectivity index (χ2v) is 4.72. The number of hydrogen-bond donors (Lipinski definition) is 1. The first-order chi connectivity index (χ1) is 9.67. The monoisotopic (exact) mass is 276 g/mol. The molecule has 106 valence electrons. The van der Waals surface area contributed by atoms with Crippen LogP contribution in [0.3, 0.4) is 0 Å². The lowest BCUT2D eigenvalue weighted by molar-refractivity contribution is 0.0747. The van der Waals surface area contributed by atoms with Crippen LogP contribution in [-0.2, 0) is 0 Å². The average molecular weight is 276 g/mol. The number of rotatable bonds is 6. The van der Waals surface area contributed by atoms with Crippen LogP contribution in [-0.4, -0.2) is 34.9 Å². The van der Waals surface area contributed by atoms with Gasteiger partial charge in [-0.05, 0) is 25.8 Å². The Kier molecular flexibility index (Phi) is 4.51. The summed E-state index contributed by atoms with van der Waals surface area (Å²) in [6.45, 7) is 2.86. The molecular weight excluding hydrogens is 259 g/mol. The molecule has 1 heterocycles. The van der Waals surface area contributed by atoms with Gasteiger partial charge in [0.2, 0.25) is 0 Å². The lowest BCUT2D eigenvalue weighted by atomic mass is 10.2. The van der Waals surface area contributed by atoms with Gasteiger partial charge in [0.25, 0.3) is 5.91 Å². The van der Waals surface area contributed by atoms with Gasteiger partial charge in [-0.2, -0.15) is 5.26 Å². The average Bonchev–Trinajstić information content (AvgIpc) is 3.26. The fraction of sp³-hybridized carbons (Fsp3) is 0.500. The number of anilines is 1. The number of carbonyl (C=O) groups is 1. The first kappa shape index (κ1) is 14.3. The van der Waals surface area contributed by atoms with E-state index in [0.29, 0.717) is 18.9 Å². The van der Waals surface area contributed by atoms with Crippen molar-refractivity contribution in [2.45, 2.75) is 32.2 Å². The van der Waals surface area contributed by atoms with Crippen LogP contribution in [0.1, 0.15) is 36.5 Å². The van der Waals surface area contributed by atoms with E-state index in [1.807, 2.05) is 13.0 Å². The summed E-state index contributed by atoms with van der Waals surface area (Å²) in [6, 6.07) is 3.42. The van der Waals surface area contributed by atoms with Crippen LogP contribution in [0.25, 0.3) is 0 Å². The van der Waals surface area contributed by atoms with Crippen LogP contribution in [0.4, 0.5) is 10.2 Å². The number of carbonyl (C=O) groups excluding carboxylic acids is 1. The van der Waals surface area contributed by atoms with Crippen molar-refractivity contribution in [3.63, 3.8) is 0 Å². The lowest BCUT2D eigenvalue weighted by Gasteiger charge is -2.22. The molecule has 0 saturated heterocycles. The van der Waals surface area contributed by atoms with Gasteiger partial charge in [0, 0.05) is 19.1 Å². The zero-order chi connectivity index (χ0) is 14.5. The predicted octanol–water partition coefficient (Wildman–Crippen LogP) is 2.17. The van der Waals surface area contributed by atoms with Gasteiger partial charge in [-0.3, -0.25) is 4.79 Å². The Morgan fingerprint density at radius 1 is 1.65 bits per heavy atom. The number of nitrogens with zero attached hydrogens (tertiary/aromatic N) is 3. The van der Waals surface area contributed by atoms with Gasteiger partial charge in [0.05, 0.1) is 24.3 Å². The smallest absolute Gasteiger partial charge is 0.257 e. The Balaban J connectivity index is 2.25. The first-order valence-corrected chi connectivity index (χ1v) is 6.74. The SMILES string of the molecule is CCNc1ncc(F)cc1C(=O)N(CCC#N)C1CC1. The molecule has 1 aromatic heterocycles. The number of pyridine rings is 1. The highest BCUT2D eigenvalue weighted by Crippen LogP contribution is 2.29. The first-order valence-electron chi connectivity index (χ1n) is 6.74. The van der Waals surface area contributed by atoms with Crippen LogP contribution in [0.2, 0.25) is 0 Å². The van der Waals surface area contributed by atoms with Crippen molar-refractivity contribution in [1.29, 1.82) is 5.26 Å². The Morgan fingerprint density at radius 2 is 2.40 bits per heavy atom. The highest BCUT2D eigenvalue weighted by Gasteiger charge is 2.33. The molecule has 1 aromatic rings. The van der Waals surface area contributed by atoms with Gasteiger partial charge in [-0.25, -0.2) is 9.37 Å². The normalized spacial score (nSPS) is 13.7. The molecular formula is C14H17FN4O. The standard InChI is InChI=1S/C14H17FN4O/c1-2-17-13-12(8-10(15)9-18-13)14(20)19(7-3-6-16)11-4-5-11/h8-9,11H,2-5,7H2,1H3,(H,17,18). The molecule has 1 saturated carbocycles. The molecule has 0 atom stereocenters. The predicted molar refractivity (Wildman–Crippen MR) is 72.6 cm³/mol. The topological polar surface area (TPSA) is 69.0 Å². The number of aromatic nitrogens is 1. The van der Waals surface area contributed by atoms with Crippen LogP contribution >= 0.6 is 0 Å². The van der Waals surface area contributed by atoms with E-state index in [9.17, 15) is 9.18 Å². The molecule has 5 nitrogen and oxygen atoms in total. The lowest BCUT2D eigenvalue weighted by Crippen LogP contribution is -2.34. The van der Waals surface area contributed by atoms with E-state index in [1.165, 1.54) is 6.07 Å². The third-order valence-corrected chi connectivity index (χ3v) is 3.14. The molecule has 0 aromatic carbocycles. The van der Waals surface area contributed by atoms with Crippen LogP contribution in [0.15, 0.2) is 12.3 Å². The van der Waals surface area contributed by atoms with E-state index in [-0.39, 0.29) is 23.9 Å². The molecule has 0 radical (unpaired) electrons. The summed E-state index contributed by atoms with van der Waals surface area (Å²) in [5.74, 6) is -0.404. The van der Waals surface area contributed by atoms with Crippen molar-refractivity contribution >= 4 is 11.7 Å². The number of nitrogens with one attached hydrogen (secondary N) is 1. The molecule has 0 aliphatic heterocycles. The van der Waals surface area contributed by atoms with Crippen LogP contribution < -0.4 is 5.32 Å². The van der Waals surface area contributed by atoms with Crippen LogP contribution in [0, 0.1) is 17.1 Å². The molecule has 20 heavy (non-hydrogen) atoms. The molecule has 1 N–H and O–H groups in total. The summed E-state index contributed by atoms with van der Waals surface area (Å²) in [4.78, 5) is 18.1. The van der Waals surface area contributed by atoms with Gasteiger partial charge >= 0.3 is 0 Å². The highest BCUT2D eigenvalue weighted by molar-refractivity contribution is 5.99. The van der Waals surface area contributed by atoms with Gasteiger partial charge in [0.1, 0.15) is 11.6 Å². The summed E-state index contributed by atoms with van der Waals surface area (Å²) in [5, 5.41) is 11.6. The van der Waals surface area contributed by atoms with E-state index in [4.69, 9.17) is 5.26 Å². The van der Waals surface area contributed by atoms with Crippen molar-refractivity contribution in [2.24, 2.45) is 0 Å². The summed E-state index contributed by atoms with van der Waals surface area (Å²) in [7, 11) is 0. The molecule has 1 amide bonds. The molecule has 2 rings (SSSR count). The molecule has 0 bridgehead atoms. The van der Waals surface area contributed by atoms with Crippen molar-refractivity contribution in [1.82, 2.24) is 9.88 Å². The minimum atomic E-state index is -0.536. The van der Waals surface area contributed by atoms with E-state index < -0.39 is 5.82 Å². The Morgan fingerprint density at radius 3 is 3.00 bits per heavy atom. The fourth-order valence-corrected chi connectivity index (χ4v) is 2.07. The minimum Gasteiger partial charge on any atom is -0.370 e. The van der Waals surface area contributed by atoms with E-state index in [1.54, 1.807) is 4.90 Å². The van der Waals surface area contributed by atoms with Crippen molar-refractivity contribution in [3.8, 4) is 6.07 Å². The quantitative estimate of drug-likeness (QED) is 0.864. The van der Waals surface area contributed by atoms with E-state index in [2.05, 4.69) is 10.3 Å². The van der Waals surface area contributed by atoms with Crippen molar-refractivity contribution in [2.75, 3.05) is 18.4 Å². The van der Waals surface area contributed by atoms with Crippen LogP contribution in [0.5, 0.6) is 0 Å². The molecule has 1 aliphatic carbocycles. The highest BCUT2D eigenvalue weighted by atomic mass is 19.1. The van der Waals surface area contributed by atoms with Crippen molar-refractivity contribution < 1.29 is 9.18 Å². The zero-order valence-corrected chi connectivity index (χ0v) is 11.4. The Labute approximate surface area is 117 Å². The molecule has 6 heteroatoms. The number of nitriles is 1. The maximum atomic E-state index is 13.4. The minimum absolute atomic E-state index is 0.175. The Hall–Kier alpha value is -2.16. The zero-order valence-electron chi connectivity index (χ0n) is 11.4. The van der Waals surface area contributed by atoms with Crippen molar-refractivity contribution in [3.05, 3.63) is 23.6 Å². The Bertz CT molecular complexity index is 536. The maximum absolute atomic E-state index is 13.4. The number of hydrogen-bond acceptors (Lipinski definition) is 4. The second-order valence-electron chi connectivity index (χ2n) is 4.72. The largest absolute Gasteiger partial charge is 0.370 e. The third-order valence-electron chi connectivity index (χ3n) is 3.14. The van der Waals surface area contributed by atoms with E-state index in [0.717, 1.165) is 19.0 Å². The summed E-state index contributed by atoms with van der Waals surface area (Å²) in [5.41, 5.74) is 0.233. The third kappa shape index (κ3) is 3.23. The van der Waals surface area contributed by atoms with Gasteiger partial charge in [-0.1, -0.05) is 0 Å². The van der Waals surface area contributed by atoms with Gasteiger partial charge < -0.3 is 10.2 Å². The van der Waals surface area contributed by atoms with Gasteiger partial charge in [-0.15, -0.1) is 0 Å². The molecule has 0 unspecified atom stereocenters. The fourth-order valence-electron chi connectivity index (χ4n) is 2.07.